The van der Waals surface area contributed by atoms with Crippen LogP contribution in [0.3, 0.4) is 0 Å². The zero-order valence-corrected chi connectivity index (χ0v) is 14.2. The molecule has 26 heavy (non-hydrogen) atoms. The Hall–Kier alpha value is -2.83. The first-order valence-electron chi connectivity index (χ1n) is 8.35. The van der Waals surface area contributed by atoms with E-state index < -0.39 is 11.6 Å². The number of rotatable bonds is 4. The second-order valence-electron chi connectivity index (χ2n) is 6.43. The molecule has 5 nitrogen and oxygen atoms in total. The predicted octanol–water partition coefficient (Wildman–Crippen LogP) is 3.18. The predicted molar refractivity (Wildman–Crippen MR) is 91.2 cm³/mol. The van der Waals surface area contributed by atoms with Crippen molar-refractivity contribution in [2.24, 2.45) is 0 Å². The average Bonchev–Trinajstić information content (AvgIpc) is 3.15. The van der Waals surface area contributed by atoms with Crippen LogP contribution < -0.4 is 9.64 Å². The summed E-state index contributed by atoms with van der Waals surface area (Å²) in [5, 5.41) is 0. The van der Waals surface area contributed by atoms with Gasteiger partial charge in [0.15, 0.2) is 11.6 Å². The van der Waals surface area contributed by atoms with Crippen LogP contribution in [0.1, 0.15) is 5.56 Å². The highest BCUT2D eigenvalue weighted by molar-refractivity contribution is 5.71. The van der Waals surface area contributed by atoms with Gasteiger partial charge in [-0.3, -0.25) is 0 Å². The van der Waals surface area contributed by atoms with Crippen LogP contribution in [0.25, 0.3) is 0 Å². The first kappa shape index (κ1) is 16.6. The highest BCUT2D eigenvalue weighted by Crippen LogP contribution is 2.42. The molecule has 2 fully saturated rings. The molecule has 2 aromatic carbocycles. The van der Waals surface area contributed by atoms with E-state index >= 15 is 0 Å². The van der Waals surface area contributed by atoms with Gasteiger partial charge < -0.3 is 19.3 Å². The fourth-order valence-corrected chi connectivity index (χ4v) is 3.47. The molecule has 7 heteroatoms. The largest absolute Gasteiger partial charge is 0.493 e. The van der Waals surface area contributed by atoms with Crippen molar-refractivity contribution in [1.29, 1.82) is 0 Å². The van der Waals surface area contributed by atoms with Crippen LogP contribution in [-0.2, 0) is 11.3 Å². The van der Waals surface area contributed by atoms with Crippen LogP contribution >= 0.6 is 0 Å². The molecule has 1 amide bonds. The highest BCUT2D eigenvalue weighted by atomic mass is 19.2. The zero-order valence-electron chi connectivity index (χ0n) is 14.2. The van der Waals surface area contributed by atoms with Gasteiger partial charge in [0.1, 0.15) is 6.61 Å². The smallest absolute Gasteiger partial charge is 0.410 e. The molecule has 4 rings (SSSR count). The number of carbonyl (C=O) groups is 1. The maximum atomic E-state index is 13.7. The lowest BCUT2D eigenvalue weighted by atomic mass is 10.2. The van der Waals surface area contributed by atoms with E-state index in [0.29, 0.717) is 18.8 Å². The molecule has 0 spiro atoms. The molecule has 0 N–H and O–H groups in total. The number of benzene rings is 2. The Labute approximate surface area is 149 Å². The lowest BCUT2D eigenvalue weighted by Gasteiger charge is -2.21. The zero-order chi connectivity index (χ0) is 18.3. The van der Waals surface area contributed by atoms with Gasteiger partial charge in [0.2, 0.25) is 5.82 Å². The van der Waals surface area contributed by atoms with Crippen molar-refractivity contribution in [1.82, 2.24) is 4.90 Å². The van der Waals surface area contributed by atoms with Crippen LogP contribution in [-0.4, -0.2) is 43.3 Å². The Morgan fingerprint density at radius 1 is 1.15 bits per heavy atom. The van der Waals surface area contributed by atoms with E-state index in [1.165, 1.54) is 13.2 Å². The Bertz CT molecular complexity index is 819. The minimum atomic E-state index is -0.991. The van der Waals surface area contributed by atoms with Gasteiger partial charge in [-0.05, 0) is 5.56 Å². The molecule has 0 bridgehead atoms. The number of carbonyl (C=O) groups excluding carboxylic acids is 1. The number of likely N-dealkylation sites (tertiary alicyclic amines) is 1. The third-order valence-corrected chi connectivity index (χ3v) is 4.84. The lowest BCUT2D eigenvalue weighted by Crippen LogP contribution is -2.35. The molecule has 0 saturated carbocycles. The van der Waals surface area contributed by atoms with Gasteiger partial charge in [0.05, 0.1) is 19.2 Å². The quantitative estimate of drug-likeness (QED) is 0.786. The van der Waals surface area contributed by atoms with E-state index in [1.54, 1.807) is 4.90 Å². The van der Waals surface area contributed by atoms with E-state index in [2.05, 4.69) is 0 Å². The van der Waals surface area contributed by atoms with Gasteiger partial charge in [-0.2, -0.15) is 4.39 Å². The third-order valence-electron chi connectivity index (χ3n) is 4.84. The summed E-state index contributed by atoms with van der Waals surface area (Å²) in [6, 6.07) is 12.3. The first-order chi connectivity index (χ1) is 12.6. The summed E-state index contributed by atoms with van der Waals surface area (Å²) in [7, 11) is 1.30. The molecule has 2 heterocycles. The van der Waals surface area contributed by atoms with E-state index in [9.17, 15) is 13.6 Å². The normalized spacial score (nSPS) is 20.7. The molecule has 2 aliphatic rings. The number of piperazine rings is 1. The van der Waals surface area contributed by atoms with Crippen LogP contribution in [0.15, 0.2) is 42.5 Å². The second kappa shape index (κ2) is 6.48. The van der Waals surface area contributed by atoms with Gasteiger partial charge in [-0.1, -0.05) is 30.3 Å². The van der Waals surface area contributed by atoms with Gasteiger partial charge >= 0.3 is 6.09 Å². The summed E-state index contributed by atoms with van der Waals surface area (Å²) in [5.74, 6) is -2.05. The van der Waals surface area contributed by atoms with Crippen LogP contribution in [0.5, 0.6) is 5.75 Å². The van der Waals surface area contributed by atoms with E-state index in [0.717, 1.165) is 11.6 Å². The number of fused-ring (bicyclic) bond motifs is 1. The molecule has 0 aromatic heterocycles. The topological polar surface area (TPSA) is 41.8 Å². The lowest BCUT2D eigenvalue weighted by molar-refractivity contribution is 0.102. The molecule has 2 saturated heterocycles. The molecule has 2 aromatic rings. The number of methoxy groups -OCH3 is 1. The highest BCUT2D eigenvalue weighted by Gasteiger charge is 2.55. The van der Waals surface area contributed by atoms with Crippen molar-refractivity contribution in [2.45, 2.75) is 18.7 Å². The van der Waals surface area contributed by atoms with Gasteiger partial charge in [-0.25, -0.2) is 9.18 Å². The van der Waals surface area contributed by atoms with Crippen LogP contribution in [0.2, 0.25) is 0 Å². The second-order valence-corrected chi connectivity index (χ2v) is 6.43. The summed E-state index contributed by atoms with van der Waals surface area (Å²) in [5.41, 5.74) is 1.49. The fourth-order valence-electron chi connectivity index (χ4n) is 3.47. The Morgan fingerprint density at radius 3 is 2.50 bits per heavy atom. The molecule has 2 atom stereocenters. The van der Waals surface area contributed by atoms with Gasteiger partial charge in [0.25, 0.3) is 0 Å². The summed E-state index contributed by atoms with van der Waals surface area (Å²) < 4.78 is 37.5. The van der Waals surface area contributed by atoms with Crippen molar-refractivity contribution >= 4 is 11.8 Å². The monoisotopic (exact) mass is 360 g/mol. The Kier molecular flexibility index (Phi) is 4.14. The van der Waals surface area contributed by atoms with Crippen LogP contribution in [0, 0.1) is 11.6 Å². The van der Waals surface area contributed by atoms with E-state index in [1.807, 2.05) is 35.2 Å². The number of hydrogen-bond donors (Lipinski definition) is 0. The summed E-state index contributed by atoms with van der Waals surface area (Å²) in [6.45, 7) is 1.23. The minimum absolute atomic E-state index is 0.0915. The molecular weight excluding hydrogens is 342 g/mol. The molecular formula is C19H18F2N2O3. The van der Waals surface area contributed by atoms with Gasteiger partial charge in [0, 0.05) is 30.9 Å². The van der Waals surface area contributed by atoms with E-state index in [-0.39, 0.29) is 30.5 Å². The van der Waals surface area contributed by atoms with Crippen molar-refractivity contribution in [3.63, 3.8) is 0 Å². The van der Waals surface area contributed by atoms with Gasteiger partial charge in [-0.15, -0.1) is 0 Å². The fraction of sp³-hybridized carbons (Fsp3) is 0.316. The Morgan fingerprint density at radius 2 is 1.85 bits per heavy atom. The average molecular weight is 360 g/mol. The van der Waals surface area contributed by atoms with E-state index in [4.69, 9.17) is 9.47 Å². The molecule has 0 radical (unpaired) electrons. The number of anilines is 1. The molecule has 0 unspecified atom stereocenters. The third kappa shape index (κ3) is 2.94. The molecule has 2 aliphatic heterocycles. The van der Waals surface area contributed by atoms with Crippen molar-refractivity contribution in [3.05, 3.63) is 59.7 Å². The van der Waals surface area contributed by atoms with Crippen molar-refractivity contribution in [2.75, 3.05) is 25.1 Å². The SMILES string of the molecule is COc1cc(N2[C@@H]3CN(C(=O)OCc4ccccc4)C[C@@H]32)cc(F)c1F. The number of ether oxygens (including phenoxy) is 2. The number of amides is 1. The number of nitrogens with zero attached hydrogens (tertiary/aromatic N) is 2. The first-order valence-corrected chi connectivity index (χ1v) is 8.35. The number of hydrogen-bond acceptors (Lipinski definition) is 4. The van der Waals surface area contributed by atoms with Crippen molar-refractivity contribution < 1.29 is 23.0 Å². The minimum Gasteiger partial charge on any atom is -0.493 e. The standard InChI is InChI=1S/C19H18F2N2O3/c1-25-17-8-13(7-14(20)18(17)21)23-15-9-22(10-16(15)23)19(24)26-11-12-5-3-2-4-6-12/h2-8,15-16H,9-11H2,1H3/t15-,16+,23?. The van der Waals surface area contributed by atoms with Crippen LogP contribution in [0.4, 0.5) is 19.3 Å². The summed E-state index contributed by atoms with van der Waals surface area (Å²) in [4.78, 5) is 15.8. The summed E-state index contributed by atoms with van der Waals surface area (Å²) >= 11 is 0. The Balaban J connectivity index is 1.35. The molecule has 0 aliphatic carbocycles. The van der Waals surface area contributed by atoms with Crippen molar-refractivity contribution in [3.8, 4) is 5.75 Å². The maximum absolute atomic E-state index is 13.7. The maximum Gasteiger partial charge on any atom is 0.410 e. The molecule has 136 valence electrons. The number of halogens is 2. The summed E-state index contributed by atoms with van der Waals surface area (Å²) in [6.07, 6.45) is -0.358.